The molecule has 0 atom stereocenters. The van der Waals surface area contributed by atoms with Gasteiger partial charge in [0.05, 0.1) is 4.47 Å². The molecule has 7 heteroatoms. The minimum Gasteiger partial charge on any atom is -0.351 e. The number of aromatic nitrogens is 2. The van der Waals surface area contributed by atoms with Crippen LogP contribution in [0.5, 0.6) is 0 Å². The number of amides is 1. The Bertz CT molecular complexity index is 477. The number of nitrogens with zero attached hydrogens (tertiary/aromatic N) is 3. The zero-order chi connectivity index (χ0) is 13.4. The molecule has 0 saturated carbocycles. The molecule has 0 fully saturated rings. The third kappa shape index (κ3) is 4.51. The van der Waals surface area contributed by atoms with Crippen LogP contribution >= 0.6 is 15.9 Å². The number of nitrogens with one attached hydrogen (secondary N) is 2. The van der Waals surface area contributed by atoms with Crippen LogP contribution in [0.3, 0.4) is 0 Å². The van der Waals surface area contributed by atoms with Gasteiger partial charge in [0.2, 0.25) is 5.95 Å². The molecule has 0 aliphatic heterocycles. The van der Waals surface area contributed by atoms with Crippen LogP contribution in [0.25, 0.3) is 0 Å². The number of hydrogen-bond acceptors (Lipinski definition) is 5. The summed E-state index contributed by atoms with van der Waals surface area (Å²) in [5.41, 5.74) is -0.0185. The van der Waals surface area contributed by atoms with E-state index in [1.54, 1.807) is 12.4 Å². The van der Waals surface area contributed by atoms with E-state index in [2.05, 4.69) is 36.5 Å². The van der Waals surface area contributed by atoms with E-state index >= 15 is 0 Å². The second-order valence-electron chi connectivity index (χ2n) is 3.29. The minimum atomic E-state index is -0.413. The molecule has 1 amide bonds. The third-order valence-electron chi connectivity index (χ3n) is 1.87. The molecule has 1 rings (SSSR count). The first-order valence-corrected chi connectivity index (χ1v) is 6.09. The van der Waals surface area contributed by atoms with Gasteiger partial charge in [-0.1, -0.05) is 6.92 Å². The summed E-state index contributed by atoms with van der Waals surface area (Å²) in [4.78, 5) is 19.4. The summed E-state index contributed by atoms with van der Waals surface area (Å²) in [6, 6.07) is 1.81. The SMILES string of the molecule is CCCNC(=O)/C(C#N)=C\Nc1ncc(Br)cn1. The zero-order valence-corrected chi connectivity index (χ0v) is 11.4. The number of nitriles is 1. The molecule has 0 saturated heterocycles. The highest BCUT2D eigenvalue weighted by Gasteiger charge is 2.07. The smallest absolute Gasteiger partial charge is 0.263 e. The lowest BCUT2D eigenvalue weighted by molar-refractivity contribution is -0.117. The van der Waals surface area contributed by atoms with Gasteiger partial charge >= 0.3 is 0 Å². The zero-order valence-electron chi connectivity index (χ0n) is 9.77. The standard InChI is InChI=1S/C11H12BrN5O/c1-2-3-14-10(18)8(4-13)5-15-11-16-6-9(12)7-17-11/h5-7H,2-3H2,1H3,(H,14,18)(H,15,16,17)/b8-5-. The molecule has 0 aliphatic rings. The van der Waals surface area contributed by atoms with Gasteiger partial charge in [0.1, 0.15) is 11.6 Å². The number of carbonyl (C=O) groups is 1. The van der Waals surface area contributed by atoms with Crippen LogP contribution in [-0.2, 0) is 4.79 Å². The van der Waals surface area contributed by atoms with Crippen LogP contribution in [0.2, 0.25) is 0 Å². The molecular weight excluding hydrogens is 298 g/mol. The van der Waals surface area contributed by atoms with Crippen molar-refractivity contribution in [2.24, 2.45) is 0 Å². The van der Waals surface area contributed by atoms with Crippen molar-refractivity contribution >= 4 is 27.8 Å². The number of halogens is 1. The second kappa shape index (κ2) is 7.40. The lowest BCUT2D eigenvalue weighted by atomic mass is 10.3. The summed E-state index contributed by atoms with van der Waals surface area (Å²) >= 11 is 3.21. The Morgan fingerprint density at radius 1 is 1.56 bits per heavy atom. The van der Waals surface area contributed by atoms with E-state index in [1.165, 1.54) is 6.20 Å². The Kier molecular flexibility index (Phi) is 5.80. The van der Waals surface area contributed by atoms with Gasteiger partial charge in [-0.15, -0.1) is 0 Å². The third-order valence-corrected chi connectivity index (χ3v) is 2.28. The van der Waals surface area contributed by atoms with Crippen molar-refractivity contribution in [2.45, 2.75) is 13.3 Å². The van der Waals surface area contributed by atoms with Crippen molar-refractivity contribution in [2.75, 3.05) is 11.9 Å². The molecule has 0 unspecified atom stereocenters. The van der Waals surface area contributed by atoms with Gasteiger partial charge in [-0.3, -0.25) is 4.79 Å². The molecule has 0 radical (unpaired) electrons. The topological polar surface area (TPSA) is 90.7 Å². The molecule has 0 aliphatic carbocycles. The summed E-state index contributed by atoms with van der Waals surface area (Å²) in [5.74, 6) is -0.0989. The Morgan fingerprint density at radius 2 is 2.22 bits per heavy atom. The van der Waals surface area contributed by atoms with Crippen molar-refractivity contribution in [3.63, 3.8) is 0 Å². The quantitative estimate of drug-likeness (QED) is 0.636. The van der Waals surface area contributed by atoms with Crippen LogP contribution in [-0.4, -0.2) is 22.4 Å². The van der Waals surface area contributed by atoms with Gasteiger partial charge in [-0.25, -0.2) is 9.97 Å². The molecule has 6 nitrogen and oxygen atoms in total. The highest BCUT2D eigenvalue weighted by atomic mass is 79.9. The maximum Gasteiger partial charge on any atom is 0.263 e. The van der Waals surface area contributed by atoms with Crippen LogP contribution in [0.15, 0.2) is 28.6 Å². The predicted octanol–water partition coefficient (Wildman–Crippen LogP) is 1.58. The Labute approximate surface area is 113 Å². The fraction of sp³-hybridized carbons (Fsp3) is 0.273. The van der Waals surface area contributed by atoms with E-state index in [-0.39, 0.29) is 5.57 Å². The van der Waals surface area contributed by atoms with Gasteiger partial charge in [0, 0.05) is 25.1 Å². The van der Waals surface area contributed by atoms with Crippen LogP contribution in [0, 0.1) is 11.3 Å². The van der Waals surface area contributed by atoms with Gasteiger partial charge in [-0.2, -0.15) is 5.26 Å². The molecule has 0 aromatic carbocycles. The molecule has 0 spiro atoms. The highest BCUT2D eigenvalue weighted by Crippen LogP contribution is 2.07. The van der Waals surface area contributed by atoms with Gasteiger partial charge < -0.3 is 10.6 Å². The summed E-state index contributed by atoms with van der Waals surface area (Å²) in [6.45, 7) is 2.47. The van der Waals surface area contributed by atoms with E-state index in [0.717, 1.165) is 10.9 Å². The summed E-state index contributed by atoms with van der Waals surface area (Å²) < 4.78 is 0.748. The van der Waals surface area contributed by atoms with Crippen molar-refractivity contribution < 1.29 is 4.79 Å². The fourth-order valence-corrected chi connectivity index (χ4v) is 1.21. The van der Waals surface area contributed by atoms with Crippen LogP contribution in [0.4, 0.5) is 5.95 Å². The molecule has 18 heavy (non-hydrogen) atoms. The average Bonchev–Trinajstić information content (AvgIpc) is 2.39. The molecule has 2 N–H and O–H groups in total. The van der Waals surface area contributed by atoms with Crippen molar-refractivity contribution in [3.05, 3.63) is 28.6 Å². The second-order valence-corrected chi connectivity index (χ2v) is 4.21. The lowest BCUT2D eigenvalue weighted by Gasteiger charge is -2.02. The summed E-state index contributed by atoms with van der Waals surface area (Å²) in [7, 11) is 0. The first-order valence-electron chi connectivity index (χ1n) is 5.30. The molecule has 1 aromatic rings. The Balaban J connectivity index is 2.66. The maximum absolute atomic E-state index is 11.5. The van der Waals surface area contributed by atoms with Crippen molar-refractivity contribution in [3.8, 4) is 6.07 Å². The lowest BCUT2D eigenvalue weighted by Crippen LogP contribution is -2.25. The molecule has 1 aromatic heterocycles. The van der Waals surface area contributed by atoms with E-state index in [9.17, 15) is 4.79 Å². The largest absolute Gasteiger partial charge is 0.351 e. The number of carbonyl (C=O) groups excluding carboxylic acids is 1. The maximum atomic E-state index is 11.5. The van der Waals surface area contributed by atoms with Crippen LogP contribution in [0.1, 0.15) is 13.3 Å². The number of anilines is 1. The first kappa shape index (κ1) is 14.1. The van der Waals surface area contributed by atoms with Crippen molar-refractivity contribution in [1.82, 2.24) is 15.3 Å². The number of rotatable bonds is 5. The number of hydrogen-bond donors (Lipinski definition) is 2. The van der Waals surface area contributed by atoms with E-state index in [4.69, 9.17) is 5.26 Å². The molecule has 1 heterocycles. The molecule has 0 bridgehead atoms. The fourth-order valence-electron chi connectivity index (χ4n) is 1.01. The average molecular weight is 310 g/mol. The highest BCUT2D eigenvalue weighted by molar-refractivity contribution is 9.10. The predicted molar refractivity (Wildman–Crippen MR) is 70.4 cm³/mol. The van der Waals surface area contributed by atoms with Gasteiger partial charge in [0.25, 0.3) is 5.91 Å². The molecule has 94 valence electrons. The normalized spacial score (nSPS) is 10.6. The van der Waals surface area contributed by atoms with Gasteiger partial charge in [-0.05, 0) is 22.4 Å². The summed E-state index contributed by atoms with van der Waals surface area (Å²) in [5, 5.41) is 14.2. The Hall–Kier alpha value is -1.94. The van der Waals surface area contributed by atoms with Crippen LogP contribution < -0.4 is 10.6 Å². The van der Waals surface area contributed by atoms with E-state index in [1.807, 2.05) is 13.0 Å². The van der Waals surface area contributed by atoms with Gasteiger partial charge in [0.15, 0.2) is 0 Å². The van der Waals surface area contributed by atoms with E-state index < -0.39 is 5.91 Å². The molecular formula is C11H12BrN5O. The monoisotopic (exact) mass is 309 g/mol. The van der Waals surface area contributed by atoms with Crippen molar-refractivity contribution in [1.29, 1.82) is 5.26 Å². The Morgan fingerprint density at radius 3 is 2.78 bits per heavy atom. The first-order chi connectivity index (χ1) is 8.67. The minimum absolute atomic E-state index is 0.0185. The summed E-state index contributed by atoms with van der Waals surface area (Å²) in [6.07, 6.45) is 5.22. The van der Waals surface area contributed by atoms with E-state index in [0.29, 0.717) is 12.5 Å².